The van der Waals surface area contributed by atoms with Crippen molar-refractivity contribution in [3.8, 4) is 0 Å². The zero-order valence-corrected chi connectivity index (χ0v) is 8.77. The third kappa shape index (κ3) is 1.75. The predicted octanol–water partition coefficient (Wildman–Crippen LogP) is 2.37. The molecule has 2 aliphatic heterocycles. The van der Waals surface area contributed by atoms with Crippen molar-refractivity contribution in [1.29, 1.82) is 0 Å². The molecule has 0 saturated carbocycles. The number of ether oxygens (including phenoxy) is 2. The van der Waals surface area contributed by atoms with Crippen molar-refractivity contribution in [2.45, 2.75) is 45.1 Å². The summed E-state index contributed by atoms with van der Waals surface area (Å²) in [7, 11) is 0. The normalized spacial score (nSPS) is 37.4. The predicted molar refractivity (Wildman–Crippen MR) is 51.8 cm³/mol. The summed E-state index contributed by atoms with van der Waals surface area (Å²) < 4.78 is 11.1. The van der Waals surface area contributed by atoms with Gasteiger partial charge in [-0.25, -0.2) is 0 Å². The average Bonchev–Trinajstić information content (AvgIpc) is 2.01. The van der Waals surface area contributed by atoms with Gasteiger partial charge in [-0.05, 0) is 24.7 Å². The van der Waals surface area contributed by atoms with E-state index in [2.05, 4.69) is 13.8 Å². The highest BCUT2D eigenvalue weighted by molar-refractivity contribution is 4.96. The van der Waals surface area contributed by atoms with E-state index in [4.69, 9.17) is 9.47 Å². The van der Waals surface area contributed by atoms with Gasteiger partial charge in [-0.2, -0.15) is 0 Å². The molecule has 2 heteroatoms. The van der Waals surface area contributed by atoms with E-state index in [0.717, 1.165) is 19.8 Å². The maximum atomic E-state index is 5.82. The highest BCUT2D eigenvalue weighted by Gasteiger charge is 2.47. The summed E-state index contributed by atoms with van der Waals surface area (Å²) in [6.07, 6.45) is 5.04. The van der Waals surface area contributed by atoms with Crippen molar-refractivity contribution in [1.82, 2.24) is 0 Å². The van der Waals surface area contributed by atoms with E-state index in [1.165, 1.54) is 25.7 Å². The molecule has 0 radical (unpaired) electrons. The summed E-state index contributed by atoms with van der Waals surface area (Å²) in [5.41, 5.74) is 0.624. The molecule has 13 heavy (non-hydrogen) atoms. The zero-order valence-electron chi connectivity index (χ0n) is 8.77. The van der Waals surface area contributed by atoms with Gasteiger partial charge in [-0.1, -0.05) is 20.3 Å². The van der Waals surface area contributed by atoms with Crippen molar-refractivity contribution in [3.05, 3.63) is 0 Å². The van der Waals surface area contributed by atoms with E-state index in [9.17, 15) is 0 Å². The first-order valence-electron chi connectivity index (χ1n) is 5.40. The maximum absolute atomic E-state index is 5.82. The fourth-order valence-electron chi connectivity index (χ4n) is 2.76. The molecular formula is C11H20O2. The average molecular weight is 184 g/mol. The minimum absolute atomic E-state index is 0.113. The molecular weight excluding hydrogens is 164 g/mol. The standard InChI is InChI=1S/C11H20O2/c1-3-4-10(2)5-6-13-11(7-10)8-12-9-11/h3-9H2,1-2H3. The molecule has 0 aliphatic carbocycles. The first-order chi connectivity index (χ1) is 6.18. The number of hydrogen-bond donors (Lipinski definition) is 0. The maximum Gasteiger partial charge on any atom is 0.115 e. The van der Waals surface area contributed by atoms with Crippen LogP contribution in [0.4, 0.5) is 0 Å². The Morgan fingerprint density at radius 1 is 1.31 bits per heavy atom. The van der Waals surface area contributed by atoms with Gasteiger partial charge in [-0.15, -0.1) is 0 Å². The van der Waals surface area contributed by atoms with Crippen LogP contribution >= 0.6 is 0 Å². The molecule has 1 atom stereocenters. The Labute approximate surface area is 80.6 Å². The molecule has 2 aliphatic rings. The van der Waals surface area contributed by atoms with Crippen molar-refractivity contribution in [2.24, 2.45) is 5.41 Å². The van der Waals surface area contributed by atoms with Crippen LogP contribution in [0.25, 0.3) is 0 Å². The van der Waals surface area contributed by atoms with Gasteiger partial charge in [0.25, 0.3) is 0 Å². The van der Waals surface area contributed by atoms with Crippen LogP contribution in [0.1, 0.15) is 39.5 Å². The summed E-state index contributed by atoms with van der Waals surface area (Å²) in [5, 5.41) is 0. The minimum Gasteiger partial charge on any atom is -0.375 e. The fourth-order valence-corrected chi connectivity index (χ4v) is 2.76. The molecule has 2 rings (SSSR count). The lowest BCUT2D eigenvalue weighted by molar-refractivity contribution is -0.247. The molecule has 1 spiro atoms. The lowest BCUT2D eigenvalue weighted by atomic mass is 9.71. The van der Waals surface area contributed by atoms with E-state index in [-0.39, 0.29) is 5.60 Å². The van der Waals surface area contributed by atoms with Crippen molar-refractivity contribution < 1.29 is 9.47 Å². The number of hydrogen-bond acceptors (Lipinski definition) is 2. The highest BCUT2D eigenvalue weighted by Crippen LogP contribution is 2.44. The van der Waals surface area contributed by atoms with Gasteiger partial charge in [0.2, 0.25) is 0 Å². The molecule has 1 unspecified atom stereocenters. The Morgan fingerprint density at radius 2 is 2.08 bits per heavy atom. The summed E-state index contributed by atoms with van der Waals surface area (Å²) >= 11 is 0. The third-order valence-electron chi connectivity index (χ3n) is 3.45. The van der Waals surface area contributed by atoms with Crippen molar-refractivity contribution >= 4 is 0 Å². The van der Waals surface area contributed by atoms with Gasteiger partial charge in [0, 0.05) is 6.61 Å². The summed E-state index contributed by atoms with van der Waals surface area (Å²) in [6.45, 7) is 7.25. The monoisotopic (exact) mass is 184 g/mol. The van der Waals surface area contributed by atoms with E-state index >= 15 is 0 Å². The second-order valence-corrected chi connectivity index (χ2v) is 5.01. The Balaban J connectivity index is 1.98. The number of rotatable bonds is 2. The van der Waals surface area contributed by atoms with Crippen LogP contribution in [-0.4, -0.2) is 25.4 Å². The molecule has 2 heterocycles. The Morgan fingerprint density at radius 3 is 2.62 bits per heavy atom. The Bertz CT molecular complexity index is 183. The zero-order chi connectivity index (χ0) is 9.36. The largest absolute Gasteiger partial charge is 0.375 e. The molecule has 2 saturated heterocycles. The van der Waals surface area contributed by atoms with E-state index in [1.807, 2.05) is 0 Å². The van der Waals surface area contributed by atoms with Crippen LogP contribution in [0.15, 0.2) is 0 Å². The lowest BCUT2D eigenvalue weighted by Crippen LogP contribution is -2.57. The van der Waals surface area contributed by atoms with Crippen molar-refractivity contribution in [3.63, 3.8) is 0 Å². The minimum atomic E-state index is 0.113. The quantitative estimate of drug-likeness (QED) is 0.656. The fraction of sp³-hybridized carbons (Fsp3) is 1.00. The van der Waals surface area contributed by atoms with E-state index in [1.54, 1.807) is 0 Å². The van der Waals surface area contributed by atoms with Crippen LogP contribution in [0.2, 0.25) is 0 Å². The second kappa shape index (κ2) is 3.25. The van der Waals surface area contributed by atoms with E-state index in [0.29, 0.717) is 5.41 Å². The summed E-state index contributed by atoms with van der Waals surface area (Å²) in [6, 6.07) is 0. The van der Waals surface area contributed by atoms with Gasteiger partial charge in [-0.3, -0.25) is 0 Å². The Hall–Kier alpha value is -0.0800. The summed E-state index contributed by atoms with van der Waals surface area (Å²) in [4.78, 5) is 0. The SMILES string of the molecule is CCCC1(C)CCOC2(COC2)C1. The van der Waals surface area contributed by atoms with Crippen LogP contribution in [-0.2, 0) is 9.47 Å². The van der Waals surface area contributed by atoms with Crippen LogP contribution in [0.5, 0.6) is 0 Å². The van der Waals surface area contributed by atoms with Gasteiger partial charge in [0.1, 0.15) is 5.60 Å². The lowest BCUT2D eigenvalue weighted by Gasteiger charge is -2.50. The smallest absolute Gasteiger partial charge is 0.115 e. The molecule has 0 aromatic carbocycles. The second-order valence-electron chi connectivity index (χ2n) is 5.01. The van der Waals surface area contributed by atoms with Crippen LogP contribution in [0.3, 0.4) is 0 Å². The van der Waals surface area contributed by atoms with Gasteiger partial charge in [0.05, 0.1) is 13.2 Å². The van der Waals surface area contributed by atoms with Crippen LogP contribution < -0.4 is 0 Å². The van der Waals surface area contributed by atoms with E-state index < -0.39 is 0 Å². The first kappa shape index (κ1) is 9.47. The topological polar surface area (TPSA) is 18.5 Å². The van der Waals surface area contributed by atoms with Gasteiger partial charge < -0.3 is 9.47 Å². The van der Waals surface area contributed by atoms with Crippen molar-refractivity contribution in [2.75, 3.05) is 19.8 Å². The highest BCUT2D eigenvalue weighted by atomic mass is 16.6. The molecule has 2 fully saturated rings. The first-order valence-corrected chi connectivity index (χ1v) is 5.40. The summed E-state index contributed by atoms with van der Waals surface area (Å²) in [5.74, 6) is 0. The van der Waals surface area contributed by atoms with Gasteiger partial charge in [0.15, 0.2) is 0 Å². The van der Waals surface area contributed by atoms with Crippen LogP contribution in [0, 0.1) is 5.41 Å². The van der Waals surface area contributed by atoms with Gasteiger partial charge >= 0.3 is 0 Å². The molecule has 0 aromatic heterocycles. The molecule has 0 bridgehead atoms. The third-order valence-corrected chi connectivity index (χ3v) is 3.45. The molecule has 0 amide bonds. The molecule has 0 N–H and O–H groups in total. The Kier molecular flexibility index (Phi) is 2.37. The molecule has 76 valence electrons. The molecule has 2 nitrogen and oxygen atoms in total. The molecule has 0 aromatic rings.